The fourth-order valence-corrected chi connectivity index (χ4v) is 1.95. The van der Waals surface area contributed by atoms with E-state index in [1.54, 1.807) is 0 Å². The molecule has 19 heavy (non-hydrogen) atoms. The second-order valence-corrected chi connectivity index (χ2v) is 4.47. The molecule has 1 unspecified atom stereocenters. The molecule has 1 heterocycles. The van der Waals surface area contributed by atoms with Gasteiger partial charge in [0.25, 0.3) is 0 Å². The first-order valence-corrected chi connectivity index (χ1v) is 6.60. The summed E-state index contributed by atoms with van der Waals surface area (Å²) in [5, 5.41) is 6.12. The highest BCUT2D eigenvalue weighted by molar-refractivity contribution is 5.77. The maximum Gasteiger partial charge on any atom is 0.246 e. The Labute approximate surface area is 113 Å². The van der Waals surface area contributed by atoms with E-state index in [0.29, 0.717) is 13.2 Å². The summed E-state index contributed by atoms with van der Waals surface area (Å²) in [6, 6.07) is 9.79. The number of para-hydroxylation sites is 1. The Morgan fingerprint density at radius 2 is 2.16 bits per heavy atom. The minimum Gasteiger partial charge on any atom is -0.491 e. The third-order valence-corrected chi connectivity index (χ3v) is 2.90. The average molecular weight is 264 g/mol. The SMILES string of the molecule is O=C(COCCOc1ccccc1)NC1CCNC1. The summed E-state index contributed by atoms with van der Waals surface area (Å²) in [6.45, 7) is 2.77. The van der Waals surface area contributed by atoms with Crippen LogP contribution in [-0.4, -0.2) is 44.9 Å². The Balaban J connectivity index is 1.50. The van der Waals surface area contributed by atoms with E-state index < -0.39 is 0 Å². The van der Waals surface area contributed by atoms with Gasteiger partial charge in [-0.1, -0.05) is 18.2 Å². The van der Waals surface area contributed by atoms with Gasteiger partial charge >= 0.3 is 0 Å². The predicted octanol–water partition coefficient (Wildman–Crippen LogP) is 0.560. The first-order valence-electron chi connectivity index (χ1n) is 6.60. The van der Waals surface area contributed by atoms with Crippen molar-refractivity contribution in [1.82, 2.24) is 10.6 Å². The molecule has 0 saturated carbocycles. The van der Waals surface area contributed by atoms with Gasteiger partial charge in [-0.25, -0.2) is 0 Å². The van der Waals surface area contributed by atoms with E-state index in [-0.39, 0.29) is 18.6 Å². The third kappa shape index (κ3) is 5.28. The highest BCUT2D eigenvalue weighted by atomic mass is 16.5. The number of benzene rings is 1. The predicted molar refractivity (Wildman–Crippen MR) is 72.2 cm³/mol. The van der Waals surface area contributed by atoms with Gasteiger partial charge in [-0.3, -0.25) is 4.79 Å². The summed E-state index contributed by atoms with van der Waals surface area (Å²) in [6.07, 6.45) is 0.989. The summed E-state index contributed by atoms with van der Waals surface area (Å²) in [5.41, 5.74) is 0. The van der Waals surface area contributed by atoms with E-state index in [4.69, 9.17) is 9.47 Å². The van der Waals surface area contributed by atoms with Gasteiger partial charge in [0.2, 0.25) is 5.91 Å². The molecule has 5 heteroatoms. The van der Waals surface area contributed by atoms with Crippen LogP contribution in [0.25, 0.3) is 0 Å². The van der Waals surface area contributed by atoms with Crippen molar-refractivity contribution in [1.29, 1.82) is 0 Å². The summed E-state index contributed by atoms with van der Waals surface area (Å²) >= 11 is 0. The first-order chi connectivity index (χ1) is 9.34. The zero-order valence-electron chi connectivity index (χ0n) is 10.9. The Morgan fingerprint density at radius 1 is 1.32 bits per heavy atom. The number of rotatable bonds is 7. The maximum atomic E-state index is 11.5. The smallest absolute Gasteiger partial charge is 0.246 e. The number of amides is 1. The number of hydrogen-bond donors (Lipinski definition) is 2. The zero-order valence-corrected chi connectivity index (χ0v) is 10.9. The lowest BCUT2D eigenvalue weighted by atomic mass is 10.2. The summed E-state index contributed by atoms with van der Waals surface area (Å²) < 4.78 is 10.7. The Morgan fingerprint density at radius 3 is 2.89 bits per heavy atom. The molecule has 1 aliphatic heterocycles. The largest absolute Gasteiger partial charge is 0.491 e. The number of carbonyl (C=O) groups is 1. The minimum atomic E-state index is -0.0617. The molecule has 0 bridgehead atoms. The Bertz CT molecular complexity index is 378. The molecule has 1 atom stereocenters. The van der Waals surface area contributed by atoms with Gasteiger partial charge in [-0.15, -0.1) is 0 Å². The number of carbonyl (C=O) groups excluding carboxylic acids is 1. The fraction of sp³-hybridized carbons (Fsp3) is 0.500. The molecule has 1 aromatic rings. The van der Waals surface area contributed by atoms with Gasteiger partial charge in [0.15, 0.2) is 0 Å². The Kier molecular flexibility index (Phi) is 5.65. The van der Waals surface area contributed by atoms with E-state index in [1.807, 2.05) is 30.3 Å². The highest BCUT2D eigenvalue weighted by Crippen LogP contribution is 2.07. The highest BCUT2D eigenvalue weighted by Gasteiger charge is 2.16. The molecule has 1 amide bonds. The van der Waals surface area contributed by atoms with Crippen molar-refractivity contribution in [3.8, 4) is 5.75 Å². The topological polar surface area (TPSA) is 59.6 Å². The summed E-state index contributed by atoms with van der Waals surface area (Å²) in [4.78, 5) is 11.5. The molecule has 1 aromatic carbocycles. The molecular weight excluding hydrogens is 244 g/mol. The molecule has 1 saturated heterocycles. The molecule has 2 N–H and O–H groups in total. The molecule has 0 radical (unpaired) electrons. The van der Waals surface area contributed by atoms with Crippen molar-refractivity contribution >= 4 is 5.91 Å². The number of hydrogen-bond acceptors (Lipinski definition) is 4. The first kappa shape index (κ1) is 13.8. The van der Waals surface area contributed by atoms with Crippen LogP contribution in [0.15, 0.2) is 30.3 Å². The van der Waals surface area contributed by atoms with Crippen LogP contribution >= 0.6 is 0 Å². The second-order valence-electron chi connectivity index (χ2n) is 4.47. The van der Waals surface area contributed by atoms with E-state index in [1.165, 1.54) is 0 Å². The lowest BCUT2D eigenvalue weighted by Gasteiger charge is -2.11. The van der Waals surface area contributed by atoms with Crippen LogP contribution in [-0.2, 0) is 9.53 Å². The van der Waals surface area contributed by atoms with Crippen LogP contribution in [0.3, 0.4) is 0 Å². The van der Waals surface area contributed by atoms with Crippen LogP contribution < -0.4 is 15.4 Å². The normalized spacial score (nSPS) is 18.2. The summed E-state index contributed by atoms with van der Waals surface area (Å²) in [7, 11) is 0. The molecule has 104 valence electrons. The van der Waals surface area contributed by atoms with Crippen LogP contribution in [0.2, 0.25) is 0 Å². The monoisotopic (exact) mass is 264 g/mol. The van der Waals surface area contributed by atoms with Crippen molar-refractivity contribution in [3.63, 3.8) is 0 Å². The van der Waals surface area contributed by atoms with Gasteiger partial charge in [0.1, 0.15) is 19.0 Å². The Hall–Kier alpha value is -1.59. The molecule has 0 aromatic heterocycles. The molecule has 0 aliphatic carbocycles. The third-order valence-electron chi connectivity index (χ3n) is 2.90. The minimum absolute atomic E-state index is 0.0617. The summed E-state index contributed by atoms with van der Waals surface area (Å²) in [5.74, 6) is 0.751. The fourth-order valence-electron chi connectivity index (χ4n) is 1.95. The van der Waals surface area contributed by atoms with Gasteiger partial charge in [0, 0.05) is 12.6 Å². The maximum absolute atomic E-state index is 11.5. The second kappa shape index (κ2) is 7.76. The van der Waals surface area contributed by atoms with Gasteiger partial charge in [-0.2, -0.15) is 0 Å². The van der Waals surface area contributed by atoms with Crippen molar-refractivity contribution in [2.45, 2.75) is 12.5 Å². The van der Waals surface area contributed by atoms with Gasteiger partial charge in [-0.05, 0) is 25.1 Å². The number of nitrogens with one attached hydrogen (secondary N) is 2. The van der Waals surface area contributed by atoms with Gasteiger partial charge < -0.3 is 20.1 Å². The average Bonchev–Trinajstić information content (AvgIpc) is 2.92. The standard InChI is InChI=1S/C14H20N2O3/c17-14(16-12-6-7-15-10-12)11-18-8-9-19-13-4-2-1-3-5-13/h1-5,12,15H,6-11H2,(H,16,17). The molecule has 0 spiro atoms. The van der Waals surface area contributed by atoms with Crippen molar-refractivity contribution in [3.05, 3.63) is 30.3 Å². The van der Waals surface area contributed by atoms with E-state index in [0.717, 1.165) is 25.3 Å². The number of ether oxygens (including phenoxy) is 2. The van der Waals surface area contributed by atoms with Crippen molar-refractivity contribution in [2.75, 3.05) is 32.9 Å². The van der Waals surface area contributed by atoms with Crippen LogP contribution in [0.1, 0.15) is 6.42 Å². The quantitative estimate of drug-likeness (QED) is 0.707. The molecule has 1 fully saturated rings. The van der Waals surface area contributed by atoms with Crippen LogP contribution in [0.4, 0.5) is 0 Å². The molecule has 5 nitrogen and oxygen atoms in total. The van der Waals surface area contributed by atoms with E-state index in [2.05, 4.69) is 10.6 Å². The van der Waals surface area contributed by atoms with Gasteiger partial charge in [0.05, 0.1) is 6.61 Å². The van der Waals surface area contributed by atoms with Crippen molar-refractivity contribution in [2.24, 2.45) is 0 Å². The van der Waals surface area contributed by atoms with E-state index in [9.17, 15) is 4.79 Å². The molecule has 1 aliphatic rings. The lowest BCUT2D eigenvalue weighted by Crippen LogP contribution is -2.38. The zero-order chi connectivity index (χ0) is 13.3. The van der Waals surface area contributed by atoms with Crippen molar-refractivity contribution < 1.29 is 14.3 Å². The molecular formula is C14H20N2O3. The lowest BCUT2D eigenvalue weighted by molar-refractivity contribution is -0.126. The molecule has 2 rings (SSSR count). The van der Waals surface area contributed by atoms with Crippen LogP contribution in [0.5, 0.6) is 5.75 Å². The van der Waals surface area contributed by atoms with E-state index >= 15 is 0 Å². The van der Waals surface area contributed by atoms with Crippen LogP contribution in [0, 0.1) is 0 Å².